The second kappa shape index (κ2) is 6.42. The first-order chi connectivity index (χ1) is 9.70. The Labute approximate surface area is 133 Å². The van der Waals surface area contributed by atoms with E-state index in [0.717, 1.165) is 12.3 Å². The molecule has 3 heteroatoms. The molecular weight excluding hydrogens is 330 g/mol. The van der Waals surface area contributed by atoms with E-state index in [9.17, 15) is 0 Å². The highest BCUT2D eigenvalue weighted by Gasteiger charge is 2.30. The van der Waals surface area contributed by atoms with Crippen molar-refractivity contribution < 1.29 is 0 Å². The summed E-state index contributed by atoms with van der Waals surface area (Å²) in [6.45, 7) is 2.30. The Morgan fingerprint density at radius 1 is 1.25 bits per heavy atom. The van der Waals surface area contributed by atoms with Crippen LogP contribution in [0, 0.1) is 0 Å². The minimum absolute atomic E-state index is 0.574. The Morgan fingerprint density at radius 3 is 2.65 bits per heavy atom. The van der Waals surface area contributed by atoms with Gasteiger partial charge in [-0.05, 0) is 61.2 Å². The van der Waals surface area contributed by atoms with Crippen molar-refractivity contribution in [3.8, 4) is 0 Å². The van der Waals surface area contributed by atoms with E-state index in [1.807, 2.05) is 11.3 Å². The fourth-order valence-electron chi connectivity index (χ4n) is 2.95. The first-order valence-electron chi connectivity index (χ1n) is 7.24. The Hall–Kier alpha value is -0.640. The topological polar surface area (TPSA) is 12.0 Å². The van der Waals surface area contributed by atoms with Crippen molar-refractivity contribution >= 4 is 27.3 Å². The number of benzene rings is 1. The Balaban J connectivity index is 1.45. The van der Waals surface area contributed by atoms with Crippen LogP contribution in [0.15, 0.2) is 46.3 Å². The maximum Gasteiger partial charge on any atom is 0.0175 e. The third-order valence-electron chi connectivity index (χ3n) is 4.09. The van der Waals surface area contributed by atoms with Crippen LogP contribution in [0.2, 0.25) is 0 Å². The van der Waals surface area contributed by atoms with Gasteiger partial charge in [0.1, 0.15) is 0 Å². The van der Waals surface area contributed by atoms with Crippen LogP contribution in [-0.4, -0.2) is 12.1 Å². The van der Waals surface area contributed by atoms with Crippen molar-refractivity contribution in [1.29, 1.82) is 0 Å². The van der Waals surface area contributed by atoms with Crippen LogP contribution in [0.25, 0.3) is 0 Å². The summed E-state index contributed by atoms with van der Waals surface area (Å²) in [6, 6.07) is 14.4. The summed E-state index contributed by atoms with van der Waals surface area (Å²) in [5.74, 6) is 0.745. The molecule has 0 aliphatic heterocycles. The monoisotopic (exact) mass is 349 g/mol. The number of halogens is 1. The third kappa shape index (κ3) is 3.51. The van der Waals surface area contributed by atoms with Gasteiger partial charge in [0.05, 0.1) is 0 Å². The summed E-state index contributed by atoms with van der Waals surface area (Å²) < 4.78 is 1.17. The Bertz CT molecular complexity index is 529. The van der Waals surface area contributed by atoms with Crippen LogP contribution in [0.5, 0.6) is 0 Å². The van der Waals surface area contributed by atoms with Gasteiger partial charge < -0.3 is 5.32 Å². The van der Waals surface area contributed by atoms with Gasteiger partial charge in [-0.2, -0.15) is 0 Å². The maximum atomic E-state index is 3.76. The van der Waals surface area contributed by atoms with E-state index in [1.165, 1.54) is 27.8 Å². The molecule has 3 rings (SSSR count). The minimum atomic E-state index is 0.574. The first-order valence-corrected chi connectivity index (χ1v) is 8.92. The van der Waals surface area contributed by atoms with Crippen molar-refractivity contribution in [3.63, 3.8) is 0 Å². The molecule has 1 atom stereocenters. The number of nitrogens with one attached hydrogen (secondary N) is 1. The SMILES string of the molecule is CC(Cc1cccs1)NC1CC(c2ccc(Br)cc2)C1. The molecule has 0 bridgehead atoms. The molecule has 1 aliphatic carbocycles. The normalized spacial score (nSPS) is 23.3. The van der Waals surface area contributed by atoms with E-state index in [0.29, 0.717) is 12.1 Å². The van der Waals surface area contributed by atoms with Gasteiger partial charge in [-0.3, -0.25) is 0 Å². The lowest BCUT2D eigenvalue weighted by Gasteiger charge is -2.38. The molecule has 0 radical (unpaired) electrons. The fraction of sp³-hybridized carbons (Fsp3) is 0.412. The van der Waals surface area contributed by atoms with Crippen LogP contribution in [0.3, 0.4) is 0 Å². The predicted octanol–water partition coefficient (Wildman–Crippen LogP) is 4.98. The van der Waals surface area contributed by atoms with Crippen molar-refractivity contribution in [1.82, 2.24) is 5.32 Å². The third-order valence-corrected chi connectivity index (χ3v) is 5.51. The fourth-order valence-corrected chi connectivity index (χ4v) is 4.05. The summed E-state index contributed by atoms with van der Waals surface area (Å²) in [5, 5.41) is 5.92. The van der Waals surface area contributed by atoms with Crippen LogP contribution in [-0.2, 0) is 6.42 Å². The lowest BCUT2D eigenvalue weighted by atomic mass is 9.75. The molecule has 0 saturated heterocycles. The molecule has 106 valence electrons. The number of rotatable bonds is 5. The zero-order chi connectivity index (χ0) is 13.9. The van der Waals surface area contributed by atoms with Crippen LogP contribution in [0.4, 0.5) is 0 Å². The van der Waals surface area contributed by atoms with Crippen molar-refractivity contribution in [3.05, 3.63) is 56.7 Å². The minimum Gasteiger partial charge on any atom is -0.311 e. The zero-order valence-corrected chi connectivity index (χ0v) is 14.1. The molecule has 0 spiro atoms. The van der Waals surface area contributed by atoms with Gasteiger partial charge in [-0.15, -0.1) is 11.3 Å². The highest BCUT2D eigenvalue weighted by Crippen LogP contribution is 2.37. The van der Waals surface area contributed by atoms with Gasteiger partial charge in [-0.25, -0.2) is 0 Å². The molecular formula is C17H20BrNS. The highest BCUT2D eigenvalue weighted by molar-refractivity contribution is 9.10. The summed E-state index contributed by atoms with van der Waals surface area (Å²) in [6.07, 6.45) is 3.70. The van der Waals surface area contributed by atoms with Crippen LogP contribution in [0.1, 0.15) is 36.1 Å². The highest BCUT2D eigenvalue weighted by atomic mass is 79.9. The number of hydrogen-bond acceptors (Lipinski definition) is 2. The summed E-state index contributed by atoms with van der Waals surface area (Å²) in [5.41, 5.74) is 1.48. The van der Waals surface area contributed by atoms with Gasteiger partial charge in [0.25, 0.3) is 0 Å². The molecule has 1 unspecified atom stereocenters. The lowest BCUT2D eigenvalue weighted by Crippen LogP contribution is -2.45. The predicted molar refractivity (Wildman–Crippen MR) is 90.5 cm³/mol. The number of thiophene rings is 1. The second-order valence-corrected chi connectivity index (χ2v) is 7.72. The Kier molecular flexibility index (Phi) is 4.59. The molecule has 1 N–H and O–H groups in total. The van der Waals surface area contributed by atoms with E-state index >= 15 is 0 Å². The molecule has 2 aromatic rings. The van der Waals surface area contributed by atoms with E-state index in [-0.39, 0.29) is 0 Å². The average Bonchev–Trinajstić information content (AvgIpc) is 2.87. The van der Waals surface area contributed by atoms with Crippen molar-refractivity contribution in [2.45, 2.75) is 44.2 Å². The van der Waals surface area contributed by atoms with E-state index in [2.05, 4.69) is 69.9 Å². The van der Waals surface area contributed by atoms with Gasteiger partial charge in [0, 0.05) is 21.4 Å². The Morgan fingerprint density at radius 2 is 2.00 bits per heavy atom. The lowest BCUT2D eigenvalue weighted by molar-refractivity contribution is 0.269. The van der Waals surface area contributed by atoms with E-state index in [4.69, 9.17) is 0 Å². The molecule has 1 aromatic heterocycles. The van der Waals surface area contributed by atoms with Gasteiger partial charge >= 0.3 is 0 Å². The van der Waals surface area contributed by atoms with Crippen molar-refractivity contribution in [2.24, 2.45) is 0 Å². The van der Waals surface area contributed by atoms with Gasteiger partial charge in [0.2, 0.25) is 0 Å². The molecule has 1 aromatic carbocycles. The second-order valence-electron chi connectivity index (χ2n) is 5.77. The molecule has 1 aliphatic rings. The largest absolute Gasteiger partial charge is 0.311 e. The van der Waals surface area contributed by atoms with Gasteiger partial charge in [-0.1, -0.05) is 34.1 Å². The smallest absolute Gasteiger partial charge is 0.0175 e. The van der Waals surface area contributed by atoms with E-state index in [1.54, 1.807) is 0 Å². The number of hydrogen-bond donors (Lipinski definition) is 1. The molecule has 1 fully saturated rings. The first kappa shape index (κ1) is 14.3. The quantitative estimate of drug-likeness (QED) is 0.802. The summed E-state index contributed by atoms with van der Waals surface area (Å²) in [7, 11) is 0. The molecule has 20 heavy (non-hydrogen) atoms. The van der Waals surface area contributed by atoms with Gasteiger partial charge in [0.15, 0.2) is 0 Å². The van der Waals surface area contributed by atoms with E-state index < -0.39 is 0 Å². The standard InChI is InChI=1S/C17H20BrNS/c1-12(9-17-3-2-8-20-17)19-16-10-14(11-16)13-4-6-15(18)7-5-13/h2-8,12,14,16,19H,9-11H2,1H3. The maximum absolute atomic E-state index is 3.76. The molecule has 1 nitrogen and oxygen atoms in total. The summed E-state index contributed by atoms with van der Waals surface area (Å²) >= 11 is 5.35. The summed E-state index contributed by atoms with van der Waals surface area (Å²) in [4.78, 5) is 1.48. The van der Waals surface area contributed by atoms with Crippen molar-refractivity contribution in [2.75, 3.05) is 0 Å². The molecule has 1 saturated carbocycles. The molecule has 1 heterocycles. The van der Waals surface area contributed by atoms with Crippen LogP contribution >= 0.6 is 27.3 Å². The molecule has 0 amide bonds. The zero-order valence-electron chi connectivity index (χ0n) is 11.7. The van der Waals surface area contributed by atoms with Crippen LogP contribution < -0.4 is 5.32 Å². The average molecular weight is 350 g/mol.